The second-order valence-corrected chi connectivity index (χ2v) is 7.62. The first kappa shape index (κ1) is 20.0. The van der Waals surface area contributed by atoms with Crippen LogP contribution in [0.2, 0.25) is 5.02 Å². The Balaban J connectivity index is 2.06. The average Bonchev–Trinajstić information content (AvgIpc) is 2.57. The Hall–Kier alpha value is -2.28. The molecule has 0 aliphatic rings. The van der Waals surface area contributed by atoms with E-state index in [9.17, 15) is 8.42 Å². The lowest BCUT2D eigenvalue weighted by molar-refractivity contribution is 0.447. The van der Waals surface area contributed by atoms with Crippen LogP contribution in [-0.4, -0.2) is 21.7 Å². The zero-order valence-electron chi connectivity index (χ0n) is 13.8. The number of rotatable bonds is 7. The standard InChI is InChI=1S/C18H16Cl2N2O3S/c1-13(11-15(20)12-21-2)25-17-7-5-16(6-8-17)22-26(23,24)18-9-3-14(19)4-10-18/h3-12,22H,1H2,2H3. The summed E-state index contributed by atoms with van der Waals surface area (Å²) < 4.78 is 32.6. The Morgan fingerprint density at radius 1 is 1.15 bits per heavy atom. The Morgan fingerprint density at radius 2 is 1.77 bits per heavy atom. The van der Waals surface area contributed by atoms with Crippen molar-refractivity contribution in [2.45, 2.75) is 4.90 Å². The number of halogens is 2. The Kier molecular flexibility index (Phi) is 6.85. The molecule has 136 valence electrons. The highest BCUT2D eigenvalue weighted by atomic mass is 35.5. The molecule has 26 heavy (non-hydrogen) atoms. The number of nitrogens with one attached hydrogen (secondary N) is 1. The number of allylic oxidation sites excluding steroid dienone is 2. The van der Waals surface area contributed by atoms with Crippen LogP contribution in [0.5, 0.6) is 5.75 Å². The maximum Gasteiger partial charge on any atom is 0.261 e. The first-order valence-corrected chi connectivity index (χ1v) is 9.58. The molecule has 8 heteroatoms. The minimum atomic E-state index is -3.70. The van der Waals surface area contributed by atoms with Crippen molar-refractivity contribution in [3.63, 3.8) is 0 Å². The van der Waals surface area contributed by atoms with Crippen LogP contribution in [0.1, 0.15) is 0 Å². The van der Waals surface area contributed by atoms with Crippen molar-refractivity contribution in [3.05, 3.63) is 77.0 Å². The number of hydrogen-bond donors (Lipinski definition) is 1. The Labute approximate surface area is 162 Å². The van der Waals surface area contributed by atoms with E-state index in [-0.39, 0.29) is 4.90 Å². The summed E-state index contributed by atoms with van der Waals surface area (Å²) in [6.07, 6.45) is 2.98. The van der Waals surface area contributed by atoms with Gasteiger partial charge in [0.25, 0.3) is 10.0 Å². The van der Waals surface area contributed by atoms with Gasteiger partial charge in [-0.2, -0.15) is 0 Å². The van der Waals surface area contributed by atoms with Crippen molar-refractivity contribution in [2.75, 3.05) is 11.8 Å². The molecule has 2 rings (SSSR count). The molecule has 0 aliphatic heterocycles. The molecule has 0 aromatic heterocycles. The van der Waals surface area contributed by atoms with E-state index in [4.69, 9.17) is 27.9 Å². The summed E-state index contributed by atoms with van der Waals surface area (Å²) in [5.41, 5.74) is 0.393. The molecule has 0 radical (unpaired) electrons. The first-order valence-electron chi connectivity index (χ1n) is 7.35. The molecule has 1 N–H and O–H groups in total. The predicted molar refractivity (Wildman–Crippen MR) is 107 cm³/mol. The minimum absolute atomic E-state index is 0.118. The van der Waals surface area contributed by atoms with Crippen LogP contribution in [0, 0.1) is 0 Å². The van der Waals surface area contributed by atoms with Crippen molar-refractivity contribution in [1.82, 2.24) is 0 Å². The fourth-order valence-corrected chi connectivity index (χ4v) is 3.32. The summed E-state index contributed by atoms with van der Waals surface area (Å²) in [6.45, 7) is 3.73. The van der Waals surface area contributed by atoms with Crippen LogP contribution in [-0.2, 0) is 10.0 Å². The average molecular weight is 411 g/mol. The molecular formula is C18H16Cl2N2O3S. The van der Waals surface area contributed by atoms with Crippen molar-refractivity contribution >= 4 is 45.1 Å². The highest BCUT2D eigenvalue weighted by Gasteiger charge is 2.13. The van der Waals surface area contributed by atoms with Crippen molar-refractivity contribution in [3.8, 4) is 5.75 Å². The van der Waals surface area contributed by atoms with Crippen molar-refractivity contribution in [2.24, 2.45) is 4.99 Å². The number of ether oxygens (including phenoxy) is 1. The van der Waals surface area contributed by atoms with Crippen LogP contribution >= 0.6 is 23.2 Å². The molecule has 0 saturated carbocycles. The van der Waals surface area contributed by atoms with Crippen LogP contribution < -0.4 is 9.46 Å². The van der Waals surface area contributed by atoms with Crippen LogP contribution in [0.25, 0.3) is 0 Å². The fraction of sp³-hybridized carbons (Fsp3) is 0.0556. The monoisotopic (exact) mass is 410 g/mol. The van der Waals surface area contributed by atoms with Gasteiger partial charge in [-0.05, 0) is 48.5 Å². The summed E-state index contributed by atoms with van der Waals surface area (Å²) in [5.74, 6) is 0.808. The van der Waals surface area contributed by atoms with Crippen LogP contribution in [0.3, 0.4) is 0 Å². The topological polar surface area (TPSA) is 67.8 Å². The number of sulfonamides is 1. The highest BCUT2D eigenvalue weighted by molar-refractivity contribution is 7.92. The maximum atomic E-state index is 12.3. The smallest absolute Gasteiger partial charge is 0.261 e. The Bertz CT molecular complexity index is 935. The van der Waals surface area contributed by atoms with Gasteiger partial charge in [0.2, 0.25) is 0 Å². The molecule has 0 amide bonds. The SMILES string of the molecule is C=C(C=C(Cl)C=NC)Oc1ccc(NS(=O)(=O)c2ccc(Cl)cc2)cc1. The molecule has 0 atom stereocenters. The van der Waals surface area contributed by atoms with Gasteiger partial charge >= 0.3 is 0 Å². The van der Waals surface area contributed by atoms with E-state index in [1.165, 1.54) is 36.6 Å². The number of aliphatic imine (C=N–C) groups is 1. The van der Waals surface area contributed by atoms with Gasteiger partial charge in [0.15, 0.2) is 0 Å². The van der Waals surface area contributed by atoms with E-state index in [1.54, 1.807) is 31.3 Å². The molecule has 0 bridgehead atoms. The fourth-order valence-electron chi connectivity index (χ4n) is 1.91. The lowest BCUT2D eigenvalue weighted by Gasteiger charge is -2.10. The van der Waals surface area contributed by atoms with E-state index in [1.807, 2.05) is 0 Å². The van der Waals surface area contributed by atoms with Gasteiger partial charge in [-0.3, -0.25) is 9.71 Å². The largest absolute Gasteiger partial charge is 0.458 e. The summed E-state index contributed by atoms with van der Waals surface area (Å²) in [5, 5.41) is 0.842. The van der Waals surface area contributed by atoms with Crippen molar-refractivity contribution < 1.29 is 13.2 Å². The molecule has 0 heterocycles. The summed E-state index contributed by atoms with van der Waals surface area (Å²) in [6, 6.07) is 12.3. The lowest BCUT2D eigenvalue weighted by atomic mass is 10.3. The molecule has 0 aliphatic carbocycles. The summed E-state index contributed by atoms with van der Waals surface area (Å²) >= 11 is 11.7. The second-order valence-electron chi connectivity index (χ2n) is 5.07. The van der Waals surface area contributed by atoms with Crippen molar-refractivity contribution in [1.29, 1.82) is 0 Å². The van der Waals surface area contributed by atoms with Gasteiger partial charge in [0, 0.05) is 30.0 Å². The zero-order chi connectivity index (χ0) is 19.2. The van der Waals surface area contributed by atoms with Gasteiger partial charge in [-0.15, -0.1) is 0 Å². The second kappa shape index (κ2) is 8.89. The summed E-state index contributed by atoms with van der Waals surface area (Å²) in [7, 11) is -2.10. The van der Waals surface area contributed by atoms with Gasteiger partial charge in [-0.1, -0.05) is 29.8 Å². The van der Waals surface area contributed by atoms with Gasteiger partial charge < -0.3 is 4.74 Å². The molecule has 2 aromatic rings. The maximum absolute atomic E-state index is 12.3. The zero-order valence-corrected chi connectivity index (χ0v) is 16.1. The minimum Gasteiger partial charge on any atom is -0.458 e. The van der Waals surface area contributed by atoms with E-state index in [0.717, 1.165) is 0 Å². The van der Waals surface area contributed by atoms with Gasteiger partial charge in [-0.25, -0.2) is 8.42 Å². The normalized spacial score (nSPS) is 12.2. The Morgan fingerprint density at radius 3 is 2.35 bits per heavy atom. The van der Waals surface area contributed by atoms with Gasteiger partial charge in [0.05, 0.1) is 9.93 Å². The third kappa shape index (κ3) is 5.91. The number of hydrogen-bond acceptors (Lipinski definition) is 4. The molecule has 0 unspecified atom stereocenters. The molecule has 5 nitrogen and oxygen atoms in total. The molecule has 0 spiro atoms. The number of nitrogens with zero attached hydrogens (tertiary/aromatic N) is 1. The quantitative estimate of drug-likeness (QED) is 0.402. The van der Waals surface area contributed by atoms with E-state index in [2.05, 4.69) is 16.3 Å². The van der Waals surface area contributed by atoms with E-state index >= 15 is 0 Å². The number of anilines is 1. The molecule has 0 saturated heterocycles. The predicted octanol–water partition coefficient (Wildman–Crippen LogP) is 4.86. The van der Waals surface area contributed by atoms with Crippen LogP contribution in [0.15, 0.2) is 81.9 Å². The van der Waals surface area contributed by atoms with Crippen LogP contribution in [0.4, 0.5) is 5.69 Å². The van der Waals surface area contributed by atoms with E-state index < -0.39 is 10.0 Å². The third-order valence-electron chi connectivity index (χ3n) is 3.03. The highest BCUT2D eigenvalue weighted by Crippen LogP contribution is 2.22. The van der Waals surface area contributed by atoms with Gasteiger partial charge in [0.1, 0.15) is 11.5 Å². The summed E-state index contributed by atoms with van der Waals surface area (Å²) in [4.78, 5) is 3.90. The number of benzene rings is 2. The molecule has 0 fully saturated rings. The van der Waals surface area contributed by atoms with E-state index in [0.29, 0.717) is 27.3 Å². The molecular weight excluding hydrogens is 395 g/mol. The molecule has 2 aromatic carbocycles. The first-order chi connectivity index (χ1) is 12.3. The third-order valence-corrected chi connectivity index (χ3v) is 4.89. The lowest BCUT2D eigenvalue weighted by Crippen LogP contribution is -2.12.